The Labute approximate surface area is 163 Å². The summed E-state index contributed by atoms with van der Waals surface area (Å²) in [5.41, 5.74) is 5.50. The molecule has 0 aliphatic heterocycles. The van der Waals surface area contributed by atoms with Gasteiger partial charge in [-0.15, -0.1) is 0 Å². The number of aromatic nitrogens is 2. The van der Waals surface area contributed by atoms with Crippen molar-refractivity contribution in [2.75, 3.05) is 0 Å². The van der Waals surface area contributed by atoms with Gasteiger partial charge >= 0.3 is 0 Å². The van der Waals surface area contributed by atoms with Crippen LogP contribution in [0.5, 0.6) is 5.75 Å². The van der Waals surface area contributed by atoms with E-state index in [1.54, 1.807) is 6.20 Å². The first-order valence-electron chi connectivity index (χ1n) is 8.78. The van der Waals surface area contributed by atoms with Crippen molar-refractivity contribution in [3.05, 3.63) is 101 Å². The molecule has 3 aromatic carbocycles. The van der Waals surface area contributed by atoms with Gasteiger partial charge in [-0.3, -0.25) is 0 Å². The van der Waals surface area contributed by atoms with Crippen molar-refractivity contribution in [2.45, 2.75) is 13.5 Å². The van der Waals surface area contributed by atoms with Gasteiger partial charge in [0.25, 0.3) is 0 Å². The molecule has 0 bridgehead atoms. The molecule has 3 nitrogen and oxygen atoms in total. The molecule has 134 valence electrons. The predicted molar refractivity (Wildman–Crippen MR) is 110 cm³/mol. The standard InChI is InChI=1S/C23H19ClN2O/c1-17-4-2-3-5-19(17)16-27-22-12-6-18(7-13-22)23-14-15-25-26(23)21-10-8-20(24)9-11-21/h2-15H,16H2,1H3. The third-order valence-corrected chi connectivity index (χ3v) is 4.77. The van der Waals surface area contributed by atoms with E-state index < -0.39 is 0 Å². The van der Waals surface area contributed by atoms with E-state index in [1.807, 2.05) is 59.3 Å². The first kappa shape index (κ1) is 17.4. The van der Waals surface area contributed by atoms with Crippen LogP contribution in [0.15, 0.2) is 85.1 Å². The first-order valence-corrected chi connectivity index (χ1v) is 9.16. The average Bonchev–Trinajstić information content (AvgIpc) is 3.18. The molecule has 0 fully saturated rings. The molecule has 0 saturated carbocycles. The van der Waals surface area contributed by atoms with Gasteiger partial charge in [-0.2, -0.15) is 5.10 Å². The Morgan fingerprint density at radius 1 is 0.889 bits per heavy atom. The SMILES string of the molecule is Cc1ccccc1COc1ccc(-c2ccnn2-c2ccc(Cl)cc2)cc1. The number of ether oxygens (including phenoxy) is 1. The number of halogens is 1. The topological polar surface area (TPSA) is 27.1 Å². The van der Waals surface area contributed by atoms with Crippen LogP contribution < -0.4 is 4.74 Å². The highest BCUT2D eigenvalue weighted by Gasteiger charge is 2.08. The third-order valence-electron chi connectivity index (χ3n) is 4.52. The molecule has 1 heterocycles. The van der Waals surface area contributed by atoms with Gasteiger partial charge in [0.2, 0.25) is 0 Å². The fourth-order valence-corrected chi connectivity index (χ4v) is 3.09. The summed E-state index contributed by atoms with van der Waals surface area (Å²) in [4.78, 5) is 0. The monoisotopic (exact) mass is 374 g/mol. The molecule has 0 spiro atoms. The molecule has 0 aliphatic rings. The lowest BCUT2D eigenvalue weighted by Crippen LogP contribution is -1.99. The Hall–Kier alpha value is -3.04. The van der Waals surface area contributed by atoms with E-state index in [1.165, 1.54) is 11.1 Å². The highest BCUT2D eigenvalue weighted by molar-refractivity contribution is 6.30. The van der Waals surface area contributed by atoms with Gasteiger partial charge in [0.1, 0.15) is 12.4 Å². The summed E-state index contributed by atoms with van der Waals surface area (Å²) in [7, 11) is 0. The summed E-state index contributed by atoms with van der Waals surface area (Å²) in [5.74, 6) is 0.847. The zero-order valence-corrected chi connectivity index (χ0v) is 15.7. The zero-order valence-electron chi connectivity index (χ0n) is 15.0. The van der Waals surface area contributed by atoms with E-state index in [0.29, 0.717) is 11.6 Å². The summed E-state index contributed by atoms with van der Waals surface area (Å²) in [6, 6.07) is 26.0. The van der Waals surface area contributed by atoms with E-state index in [9.17, 15) is 0 Å². The Kier molecular flexibility index (Phi) is 4.95. The van der Waals surface area contributed by atoms with E-state index in [2.05, 4.69) is 36.3 Å². The third kappa shape index (κ3) is 3.88. The van der Waals surface area contributed by atoms with Crippen LogP contribution in [0, 0.1) is 6.92 Å². The minimum Gasteiger partial charge on any atom is -0.489 e. The molecule has 0 radical (unpaired) electrons. The van der Waals surface area contributed by atoms with Gasteiger partial charge in [-0.25, -0.2) is 4.68 Å². The highest BCUT2D eigenvalue weighted by Crippen LogP contribution is 2.25. The molecule has 1 aromatic heterocycles. The number of hydrogen-bond donors (Lipinski definition) is 0. The van der Waals surface area contributed by atoms with Crippen molar-refractivity contribution in [3.8, 4) is 22.7 Å². The normalized spacial score (nSPS) is 10.7. The fraction of sp³-hybridized carbons (Fsp3) is 0.0870. The predicted octanol–water partition coefficient (Wildman–Crippen LogP) is 6.08. The van der Waals surface area contributed by atoms with Gasteiger partial charge in [0.05, 0.1) is 17.6 Å². The van der Waals surface area contributed by atoms with Crippen LogP contribution >= 0.6 is 11.6 Å². The van der Waals surface area contributed by atoms with Crippen LogP contribution in [0.1, 0.15) is 11.1 Å². The number of rotatable bonds is 5. The van der Waals surface area contributed by atoms with Crippen molar-refractivity contribution >= 4 is 11.6 Å². The van der Waals surface area contributed by atoms with Crippen LogP contribution in [-0.4, -0.2) is 9.78 Å². The quantitative estimate of drug-likeness (QED) is 0.423. The fourth-order valence-electron chi connectivity index (χ4n) is 2.96. The second kappa shape index (κ2) is 7.68. The molecular formula is C23H19ClN2O. The van der Waals surface area contributed by atoms with Gasteiger partial charge in [-0.1, -0.05) is 35.9 Å². The second-order valence-electron chi connectivity index (χ2n) is 6.34. The van der Waals surface area contributed by atoms with Crippen molar-refractivity contribution in [2.24, 2.45) is 0 Å². The molecular weight excluding hydrogens is 356 g/mol. The molecule has 0 unspecified atom stereocenters. The second-order valence-corrected chi connectivity index (χ2v) is 6.78. The minimum atomic E-state index is 0.564. The van der Waals surface area contributed by atoms with Crippen molar-refractivity contribution in [1.29, 1.82) is 0 Å². The minimum absolute atomic E-state index is 0.564. The average molecular weight is 375 g/mol. The number of benzene rings is 3. The van der Waals surface area contributed by atoms with E-state index >= 15 is 0 Å². The summed E-state index contributed by atoms with van der Waals surface area (Å²) >= 11 is 5.99. The molecule has 4 rings (SSSR count). The van der Waals surface area contributed by atoms with Crippen LogP contribution in [0.3, 0.4) is 0 Å². The Morgan fingerprint density at radius 2 is 1.63 bits per heavy atom. The largest absolute Gasteiger partial charge is 0.489 e. The summed E-state index contributed by atoms with van der Waals surface area (Å²) in [6.45, 7) is 2.66. The van der Waals surface area contributed by atoms with Gasteiger partial charge in [0.15, 0.2) is 0 Å². The maximum Gasteiger partial charge on any atom is 0.119 e. The Morgan fingerprint density at radius 3 is 2.37 bits per heavy atom. The molecule has 0 N–H and O–H groups in total. The maximum absolute atomic E-state index is 5.99. The molecule has 0 saturated heterocycles. The van der Waals surface area contributed by atoms with Gasteiger partial charge in [-0.05, 0) is 72.6 Å². The van der Waals surface area contributed by atoms with Gasteiger partial charge in [0, 0.05) is 10.6 Å². The molecule has 0 aliphatic carbocycles. The summed E-state index contributed by atoms with van der Waals surface area (Å²) < 4.78 is 7.84. The smallest absolute Gasteiger partial charge is 0.119 e. The maximum atomic E-state index is 5.99. The summed E-state index contributed by atoms with van der Waals surface area (Å²) in [5, 5.41) is 5.15. The number of hydrogen-bond acceptors (Lipinski definition) is 2. The van der Waals surface area contributed by atoms with Crippen molar-refractivity contribution in [3.63, 3.8) is 0 Å². The van der Waals surface area contributed by atoms with Crippen LogP contribution in [0.25, 0.3) is 16.9 Å². The number of aryl methyl sites for hydroxylation is 1. The molecule has 4 aromatic rings. The lowest BCUT2D eigenvalue weighted by molar-refractivity contribution is 0.305. The van der Waals surface area contributed by atoms with E-state index in [0.717, 1.165) is 22.7 Å². The lowest BCUT2D eigenvalue weighted by atomic mass is 10.1. The first-order chi connectivity index (χ1) is 13.2. The van der Waals surface area contributed by atoms with Crippen molar-refractivity contribution < 1.29 is 4.74 Å². The Balaban J connectivity index is 1.52. The lowest BCUT2D eigenvalue weighted by Gasteiger charge is -2.10. The molecule has 27 heavy (non-hydrogen) atoms. The van der Waals surface area contributed by atoms with Gasteiger partial charge < -0.3 is 4.74 Å². The van der Waals surface area contributed by atoms with Crippen molar-refractivity contribution in [1.82, 2.24) is 9.78 Å². The molecule has 4 heteroatoms. The van der Waals surface area contributed by atoms with E-state index in [4.69, 9.17) is 16.3 Å². The highest BCUT2D eigenvalue weighted by atomic mass is 35.5. The van der Waals surface area contributed by atoms with Crippen LogP contribution in [0.4, 0.5) is 0 Å². The summed E-state index contributed by atoms with van der Waals surface area (Å²) in [6.07, 6.45) is 1.80. The Bertz CT molecular complexity index is 1040. The van der Waals surface area contributed by atoms with Crippen LogP contribution in [0.2, 0.25) is 5.02 Å². The molecule has 0 atom stereocenters. The zero-order chi connectivity index (χ0) is 18.6. The van der Waals surface area contributed by atoms with E-state index in [-0.39, 0.29) is 0 Å². The van der Waals surface area contributed by atoms with Crippen LogP contribution in [-0.2, 0) is 6.61 Å². The molecule has 0 amide bonds. The number of nitrogens with zero attached hydrogens (tertiary/aromatic N) is 2.